The third-order valence-corrected chi connectivity index (χ3v) is 5.97. The number of epoxide rings is 1. The Kier molecular flexibility index (Phi) is 3.54. The number of hydrogen-bond acceptors (Lipinski definition) is 2. The highest BCUT2D eigenvalue weighted by molar-refractivity contribution is 8.00. The second-order valence-electron chi connectivity index (χ2n) is 5.85. The first-order valence-electron chi connectivity index (χ1n) is 6.87. The molecule has 1 fully saturated rings. The van der Waals surface area contributed by atoms with Gasteiger partial charge in [0.25, 0.3) is 0 Å². The van der Waals surface area contributed by atoms with Crippen molar-refractivity contribution in [3.05, 3.63) is 29.8 Å². The second-order valence-corrected chi connectivity index (χ2v) is 7.51. The Labute approximate surface area is 115 Å². The molecule has 18 heavy (non-hydrogen) atoms. The van der Waals surface area contributed by atoms with Gasteiger partial charge in [-0.3, -0.25) is 0 Å². The van der Waals surface area contributed by atoms with Gasteiger partial charge in [0.1, 0.15) is 6.10 Å². The van der Waals surface area contributed by atoms with Gasteiger partial charge in [-0.1, -0.05) is 45.9 Å². The predicted octanol–water partition coefficient (Wildman–Crippen LogP) is 5.06. The minimum Gasteiger partial charge on any atom is -0.364 e. The van der Waals surface area contributed by atoms with Crippen LogP contribution in [0.15, 0.2) is 29.2 Å². The van der Waals surface area contributed by atoms with Crippen LogP contribution in [0.3, 0.4) is 0 Å². The van der Waals surface area contributed by atoms with Gasteiger partial charge in [0.2, 0.25) is 0 Å². The highest BCUT2D eigenvalue weighted by Gasteiger charge is 2.59. The first-order valence-corrected chi connectivity index (χ1v) is 7.68. The molecule has 1 aromatic carbocycles. The van der Waals surface area contributed by atoms with Gasteiger partial charge in [-0.25, -0.2) is 0 Å². The van der Waals surface area contributed by atoms with Crippen molar-refractivity contribution in [2.75, 3.05) is 0 Å². The zero-order valence-electron chi connectivity index (χ0n) is 12.3. The third-order valence-electron chi connectivity index (χ3n) is 4.35. The van der Waals surface area contributed by atoms with Crippen LogP contribution in [0.25, 0.3) is 0 Å². The SMILES string of the molecule is CC.CC1(C)Sc2ccccc2C2OC2C1(C)C. The summed E-state index contributed by atoms with van der Waals surface area (Å²) in [5.74, 6) is 0. The average molecular weight is 264 g/mol. The lowest BCUT2D eigenvalue weighted by Gasteiger charge is -2.39. The molecule has 2 heterocycles. The molecule has 0 aliphatic carbocycles. The van der Waals surface area contributed by atoms with Crippen molar-refractivity contribution in [2.24, 2.45) is 5.41 Å². The fourth-order valence-corrected chi connectivity index (χ4v) is 3.83. The summed E-state index contributed by atoms with van der Waals surface area (Å²) in [5.41, 5.74) is 1.60. The fourth-order valence-electron chi connectivity index (χ4n) is 2.46. The van der Waals surface area contributed by atoms with E-state index in [1.54, 1.807) is 0 Å². The number of benzene rings is 1. The number of ether oxygens (including phenoxy) is 1. The normalized spacial score (nSPS) is 30.1. The van der Waals surface area contributed by atoms with Crippen molar-refractivity contribution in [3.63, 3.8) is 0 Å². The zero-order valence-corrected chi connectivity index (χ0v) is 13.1. The van der Waals surface area contributed by atoms with E-state index in [2.05, 4.69) is 52.0 Å². The van der Waals surface area contributed by atoms with E-state index >= 15 is 0 Å². The monoisotopic (exact) mass is 264 g/mol. The summed E-state index contributed by atoms with van der Waals surface area (Å²) < 4.78 is 6.13. The summed E-state index contributed by atoms with van der Waals surface area (Å²) in [6.45, 7) is 13.3. The van der Waals surface area contributed by atoms with Crippen LogP contribution in [-0.4, -0.2) is 10.9 Å². The molecule has 1 aromatic rings. The fraction of sp³-hybridized carbons (Fsp3) is 0.625. The molecular weight excluding hydrogens is 240 g/mol. The van der Waals surface area contributed by atoms with Crippen LogP contribution in [0.4, 0.5) is 0 Å². The van der Waals surface area contributed by atoms with Crippen molar-refractivity contribution in [3.8, 4) is 0 Å². The molecule has 0 bridgehead atoms. The van der Waals surface area contributed by atoms with E-state index in [1.165, 1.54) is 10.5 Å². The van der Waals surface area contributed by atoms with Gasteiger partial charge in [-0.2, -0.15) is 0 Å². The second kappa shape index (κ2) is 4.57. The summed E-state index contributed by atoms with van der Waals surface area (Å²) >= 11 is 2.00. The lowest BCUT2D eigenvalue weighted by Crippen LogP contribution is -2.39. The van der Waals surface area contributed by atoms with E-state index < -0.39 is 0 Å². The molecule has 0 amide bonds. The lowest BCUT2D eigenvalue weighted by atomic mass is 9.76. The average Bonchev–Trinajstić information content (AvgIpc) is 3.11. The molecule has 1 saturated heterocycles. The van der Waals surface area contributed by atoms with Gasteiger partial charge in [-0.15, -0.1) is 11.8 Å². The number of hydrogen-bond donors (Lipinski definition) is 0. The molecular formula is C16H24OS. The van der Waals surface area contributed by atoms with Crippen molar-refractivity contribution >= 4 is 11.8 Å². The van der Waals surface area contributed by atoms with Crippen molar-refractivity contribution in [2.45, 2.75) is 63.4 Å². The number of rotatable bonds is 0. The third kappa shape index (κ3) is 2.00. The minimum atomic E-state index is 0.207. The molecule has 2 aliphatic rings. The van der Waals surface area contributed by atoms with Gasteiger partial charge in [0.05, 0.1) is 6.10 Å². The molecule has 0 saturated carbocycles. The summed E-state index contributed by atoms with van der Waals surface area (Å²) in [6, 6.07) is 8.67. The quantitative estimate of drug-likeness (QED) is 0.607. The molecule has 2 unspecified atom stereocenters. The van der Waals surface area contributed by atoms with Gasteiger partial charge in [0, 0.05) is 15.1 Å². The highest BCUT2D eigenvalue weighted by atomic mass is 32.2. The van der Waals surface area contributed by atoms with E-state index in [4.69, 9.17) is 4.74 Å². The molecule has 3 rings (SSSR count). The Morgan fingerprint density at radius 2 is 1.67 bits per heavy atom. The highest BCUT2D eigenvalue weighted by Crippen LogP contribution is 2.62. The Bertz CT molecular complexity index is 436. The van der Waals surface area contributed by atoms with Crippen molar-refractivity contribution in [1.29, 1.82) is 0 Å². The van der Waals surface area contributed by atoms with Crippen LogP contribution in [0.2, 0.25) is 0 Å². The molecule has 2 heteroatoms. The largest absolute Gasteiger partial charge is 0.364 e. The van der Waals surface area contributed by atoms with Gasteiger partial charge < -0.3 is 4.74 Å². The summed E-state index contributed by atoms with van der Waals surface area (Å²) in [4.78, 5) is 1.39. The maximum atomic E-state index is 5.92. The van der Waals surface area contributed by atoms with E-state index in [9.17, 15) is 0 Å². The summed E-state index contributed by atoms with van der Waals surface area (Å²) in [5, 5.41) is 0. The Balaban J connectivity index is 0.000000574. The van der Waals surface area contributed by atoms with Gasteiger partial charge in [-0.05, 0) is 25.5 Å². The van der Waals surface area contributed by atoms with Crippen LogP contribution in [0, 0.1) is 5.41 Å². The topological polar surface area (TPSA) is 12.5 Å². The summed E-state index contributed by atoms with van der Waals surface area (Å²) in [6.07, 6.45) is 0.721. The van der Waals surface area contributed by atoms with Crippen LogP contribution >= 0.6 is 11.8 Å². The van der Waals surface area contributed by atoms with Crippen molar-refractivity contribution in [1.82, 2.24) is 0 Å². The van der Waals surface area contributed by atoms with E-state index in [-0.39, 0.29) is 10.2 Å². The number of fused-ring (bicyclic) bond motifs is 3. The Morgan fingerprint density at radius 1 is 1.06 bits per heavy atom. The summed E-state index contributed by atoms with van der Waals surface area (Å²) in [7, 11) is 0. The zero-order chi connectivity index (χ0) is 13.6. The number of thioether (sulfide) groups is 1. The van der Waals surface area contributed by atoms with E-state index in [0.29, 0.717) is 12.2 Å². The standard InChI is InChI=1S/C14H18OS.C2H6/c1-13(2)12-11(15-12)9-7-5-6-8-10(9)16-14(13,3)4;1-2/h5-8,11-12H,1-4H3;1-2H3. The maximum absolute atomic E-state index is 5.92. The van der Waals surface area contributed by atoms with Crippen LogP contribution in [0.1, 0.15) is 53.2 Å². The van der Waals surface area contributed by atoms with E-state index in [0.717, 1.165) is 0 Å². The van der Waals surface area contributed by atoms with E-state index in [1.807, 2.05) is 25.6 Å². The lowest BCUT2D eigenvalue weighted by molar-refractivity contribution is 0.195. The first kappa shape index (κ1) is 14.0. The molecule has 0 N–H and O–H groups in total. The molecule has 0 radical (unpaired) electrons. The Morgan fingerprint density at radius 3 is 2.33 bits per heavy atom. The molecule has 0 spiro atoms. The van der Waals surface area contributed by atoms with Crippen LogP contribution < -0.4 is 0 Å². The minimum absolute atomic E-state index is 0.207. The smallest absolute Gasteiger partial charge is 0.111 e. The maximum Gasteiger partial charge on any atom is 0.111 e. The predicted molar refractivity (Wildman–Crippen MR) is 79.1 cm³/mol. The first-order chi connectivity index (χ1) is 8.43. The molecule has 2 aliphatic heterocycles. The van der Waals surface area contributed by atoms with Crippen molar-refractivity contribution < 1.29 is 4.74 Å². The van der Waals surface area contributed by atoms with Gasteiger partial charge in [0.15, 0.2) is 0 Å². The molecule has 100 valence electrons. The molecule has 0 aromatic heterocycles. The van der Waals surface area contributed by atoms with Crippen LogP contribution in [0.5, 0.6) is 0 Å². The van der Waals surface area contributed by atoms with Crippen LogP contribution in [-0.2, 0) is 4.74 Å². The Hall–Kier alpha value is -0.470. The van der Waals surface area contributed by atoms with Gasteiger partial charge >= 0.3 is 0 Å². The molecule has 2 atom stereocenters. The molecule has 1 nitrogen and oxygen atoms in total.